The number of carboxylic acid groups (broad SMARTS) is 1. The summed E-state index contributed by atoms with van der Waals surface area (Å²) in [5, 5.41) is 9.01. The van der Waals surface area contributed by atoms with Crippen molar-refractivity contribution in [1.82, 2.24) is 9.80 Å². The van der Waals surface area contributed by atoms with Gasteiger partial charge in [-0.15, -0.1) is 0 Å². The third-order valence-corrected chi connectivity index (χ3v) is 3.29. The summed E-state index contributed by atoms with van der Waals surface area (Å²) in [6, 6.07) is 0. The molecule has 2 saturated heterocycles. The summed E-state index contributed by atoms with van der Waals surface area (Å²) in [7, 11) is 0. The first-order chi connectivity index (χ1) is 8.18. The summed E-state index contributed by atoms with van der Waals surface area (Å²) in [6.07, 6.45) is 2.36. The van der Waals surface area contributed by atoms with Crippen LogP contribution < -0.4 is 0 Å². The van der Waals surface area contributed by atoms with Crippen molar-refractivity contribution < 1.29 is 19.4 Å². The third-order valence-electron chi connectivity index (χ3n) is 3.29. The first-order valence-electron chi connectivity index (χ1n) is 6.13. The summed E-state index contributed by atoms with van der Waals surface area (Å²) in [5.41, 5.74) is 0. The smallest absolute Gasteiger partial charge is 0.411 e. The lowest BCUT2D eigenvalue weighted by Crippen LogP contribution is -2.47. The molecule has 2 aliphatic heterocycles. The molecule has 17 heavy (non-hydrogen) atoms. The molecule has 96 valence electrons. The minimum absolute atomic E-state index is 0.374. The maximum Gasteiger partial charge on any atom is 0.411 e. The van der Waals surface area contributed by atoms with Gasteiger partial charge in [0.05, 0.1) is 0 Å². The molecule has 0 aromatic carbocycles. The van der Waals surface area contributed by atoms with E-state index in [4.69, 9.17) is 9.84 Å². The highest BCUT2D eigenvalue weighted by Gasteiger charge is 2.31. The number of carbonyl (C=O) groups is 2. The van der Waals surface area contributed by atoms with E-state index in [9.17, 15) is 9.59 Å². The first-order valence-corrected chi connectivity index (χ1v) is 6.13. The molecule has 2 amide bonds. The van der Waals surface area contributed by atoms with Crippen molar-refractivity contribution in [3.05, 3.63) is 0 Å². The lowest BCUT2D eigenvalue weighted by molar-refractivity contribution is -0.0352. The van der Waals surface area contributed by atoms with Crippen LogP contribution in [-0.2, 0) is 4.74 Å². The number of ether oxygens (including phenoxy) is 1. The van der Waals surface area contributed by atoms with Gasteiger partial charge in [-0.05, 0) is 25.7 Å². The Balaban J connectivity index is 1.90. The first kappa shape index (κ1) is 12.0. The Morgan fingerprint density at radius 1 is 1.06 bits per heavy atom. The van der Waals surface area contributed by atoms with E-state index in [1.165, 1.54) is 4.90 Å². The van der Waals surface area contributed by atoms with Crippen LogP contribution in [0, 0.1) is 0 Å². The average Bonchev–Trinajstić information content (AvgIpc) is 2.83. The largest absolute Gasteiger partial charge is 0.465 e. The quantitative estimate of drug-likeness (QED) is 0.760. The van der Waals surface area contributed by atoms with Crippen LogP contribution >= 0.6 is 0 Å². The van der Waals surface area contributed by atoms with Crippen LogP contribution in [-0.4, -0.2) is 53.0 Å². The van der Waals surface area contributed by atoms with Crippen molar-refractivity contribution in [1.29, 1.82) is 0 Å². The van der Waals surface area contributed by atoms with Gasteiger partial charge < -0.3 is 14.7 Å². The van der Waals surface area contributed by atoms with Crippen LogP contribution in [0.1, 0.15) is 32.1 Å². The topological polar surface area (TPSA) is 70.1 Å². The van der Waals surface area contributed by atoms with Gasteiger partial charge in [0, 0.05) is 26.1 Å². The van der Waals surface area contributed by atoms with Crippen molar-refractivity contribution in [3.63, 3.8) is 0 Å². The molecule has 6 nitrogen and oxygen atoms in total. The molecule has 2 aliphatic rings. The molecule has 0 bridgehead atoms. The van der Waals surface area contributed by atoms with Gasteiger partial charge >= 0.3 is 12.2 Å². The zero-order valence-electron chi connectivity index (χ0n) is 9.80. The molecule has 0 saturated carbocycles. The number of piperidine rings is 1. The minimum Gasteiger partial charge on any atom is -0.465 e. The Labute approximate surface area is 100 Å². The highest BCUT2D eigenvalue weighted by molar-refractivity contribution is 5.69. The van der Waals surface area contributed by atoms with E-state index in [1.54, 1.807) is 4.90 Å². The Morgan fingerprint density at radius 2 is 1.71 bits per heavy atom. The Bertz CT molecular complexity index is 302. The van der Waals surface area contributed by atoms with Crippen LogP contribution in [0.15, 0.2) is 0 Å². The van der Waals surface area contributed by atoms with E-state index >= 15 is 0 Å². The van der Waals surface area contributed by atoms with Crippen LogP contribution in [0.2, 0.25) is 0 Å². The van der Waals surface area contributed by atoms with Crippen LogP contribution in [0.4, 0.5) is 9.59 Å². The van der Waals surface area contributed by atoms with Crippen molar-refractivity contribution in [2.24, 2.45) is 0 Å². The van der Waals surface area contributed by atoms with Crippen molar-refractivity contribution in [2.45, 2.75) is 38.3 Å². The lowest BCUT2D eigenvalue weighted by atomic mass is 10.1. The predicted octanol–water partition coefficient (Wildman–Crippen LogP) is 1.71. The van der Waals surface area contributed by atoms with Gasteiger partial charge in [-0.2, -0.15) is 0 Å². The molecular formula is C11H18N2O4. The molecule has 0 aromatic heterocycles. The summed E-state index contributed by atoms with van der Waals surface area (Å²) in [5.74, 6) is 0. The standard InChI is InChI=1S/C11H18N2O4/c14-10(15)13-8-2-1-5-9(13)17-11(16)12-6-3-4-7-12/h9H,1-8H2,(H,14,15). The summed E-state index contributed by atoms with van der Waals surface area (Å²) < 4.78 is 5.28. The molecule has 0 aromatic rings. The summed E-state index contributed by atoms with van der Waals surface area (Å²) >= 11 is 0. The predicted molar refractivity (Wildman–Crippen MR) is 59.7 cm³/mol. The molecule has 2 rings (SSSR count). The van der Waals surface area contributed by atoms with Gasteiger partial charge in [0.2, 0.25) is 0 Å². The molecule has 2 fully saturated rings. The van der Waals surface area contributed by atoms with E-state index in [-0.39, 0.29) is 6.09 Å². The zero-order valence-corrected chi connectivity index (χ0v) is 9.80. The van der Waals surface area contributed by atoms with E-state index in [0.717, 1.165) is 38.8 Å². The zero-order chi connectivity index (χ0) is 12.3. The Hall–Kier alpha value is -1.46. The van der Waals surface area contributed by atoms with Gasteiger partial charge in [0.25, 0.3) is 0 Å². The fraction of sp³-hybridized carbons (Fsp3) is 0.818. The van der Waals surface area contributed by atoms with Gasteiger partial charge in [0.1, 0.15) is 0 Å². The maximum atomic E-state index is 11.8. The highest BCUT2D eigenvalue weighted by Crippen LogP contribution is 2.20. The van der Waals surface area contributed by atoms with Crippen LogP contribution in [0.3, 0.4) is 0 Å². The van der Waals surface area contributed by atoms with Crippen LogP contribution in [0.5, 0.6) is 0 Å². The summed E-state index contributed by atoms with van der Waals surface area (Å²) in [4.78, 5) is 25.6. The molecule has 1 unspecified atom stereocenters. The minimum atomic E-state index is -1.01. The molecule has 1 N–H and O–H groups in total. The number of nitrogens with zero attached hydrogens (tertiary/aromatic N) is 2. The van der Waals surface area contributed by atoms with E-state index < -0.39 is 12.3 Å². The Kier molecular flexibility index (Phi) is 3.71. The molecule has 0 spiro atoms. The average molecular weight is 242 g/mol. The second-order valence-corrected chi connectivity index (χ2v) is 4.50. The monoisotopic (exact) mass is 242 g/mol. The van der Waals surface area contributed by atoms with Gasteiger partial charge in [-0.25, -0.2) is 9.59 Å². The molecule has 0 aliphatic carbocycles. The number of carbonyl (C=O) groups excluding carboxylic acids is 1. The fourth-order valence-electron chi connectivity index (χ4n) is 2.33. The molecular weight excluding hydrogens is 224 g/mol. The lowest BCUT2D eigenvalue weighted by Gasteiger charge is -2.33. The van der Waals surface area contributed by atoms with E-state index in [0.29, 0.717) is 13.0 Å². The Morgan fingerprint density at radius 3 is 2.35 bits per heavy atom. The van der Waals surface area contributed by atoms with Gasteiger partial charge in [-0.3, -0.25) is 4.90 Å². The second-order valence-electron chi connectivity index (χ2n) is 4.50. The number of amides is 2. The summed E-state index contributed by atoms with van der Waals surface area (Å²) in [6.45, 7) is 1.89. The van der Waals surface area contributed by atoms with Crippen molar-refractivity contribution in [3.8, 4) is 0 Å². The number of hydrogen-bond donors (Lipinski definition) is 1. The molecule has 1 atom stereocenters. The van der Waals surface area contributed by atoms with Crippen molar-refractivity contribution >= 4 is 12.2 Å². The maximum absolute atomic E-state index is 11.8. The van der Waals surface area contributed by atoms with E-state index in [1.807, 2.05) is 0 Å². The third kappa shape index (κ3) is 2.81. The van der Waals surface area contributed by atoms with Crippen molar-refractivity contribution in [2.75, 3.05) is 19.6 Å². The normalized spacial score (nSPS) is 24.8. The van der Waals surface area contributed by atoms with Gasteiger partial charge in [0.15, 0.2) is 6.23 Å². The molecule has 2 heterocycles. The highest BCUT2D eigenvalue weighted by atomic mass is 16.6. The number of likely N-dealkylation sites (tertiary alicyclic amines) is 2. The fourth-order valence-corrected chi connectivity index (χ4v) is 2.33. The molecule has 6 heteroatoms. The number of rotatable bonds is 1. The SMILES string of the molecule is O=C(OC1CCCCN1C(=O)O)N1CCCC1. The number of hydrogen-bond acceptors (Lipinski definition) is 3. The molecule has 0 radical (unpaired) electrons. The van der Waals surface area contributed by atoms with Gasteiger partial charge in [-0.1, -0.05) is 0 Å². The second kappa shape index (κ2) is 5.25. The van der Waals surface area contributed by atoms with Crippen LogP contribution in [0.25, 0.3) is 0 Å². The van der Waals surface area contributed by atoms with E-state index in [2.05, 4.69) is 0 Å².